The Bertz CT molecular complexity index is 1090. The molecule has 2 aromatic rings. The number of amides is 2. The third kappa shape index (κ3) is 7.13. The largest absolute Gasteiger partial charge is 0.348 e. The molecular weight excluding hydrogens is 466 g/mol. The smallest absolute Gasteiger partial charge is 0.319 e. The van der Waals surface area contributed by atoms with Gasteiger partial charge in [-0.1, -0.05) is 56.6 Å². The number of hydrogen-bond acceptors (Lipinski definition) is 5. The van der Waals surface area contributed by atoms with E-state index in [1.807, 2.05) is 18.2 Å². The average molecular weight is 496 g/mol. The van der Waals surface area contributed by atoms with Crippen LogP contribution < -0.4 is 25.8 Å². The Morgan fingerprint density at radius 1 is 1.24 bits per heavy atom. The van der Waals surface area contributed by atoms with Crippen LogP contribution >= 0.6 is 11.6 Å². The maximum absolute atomic E-state index is 12.6. The lowest BCUT2D eigenvalue weighted by molar-refractivity contribution is -0.0830. The molecule has 1 heterocycles. The number of ether oxygens (including phenoxy) is 1. The second-order valence-electron chi connectivity index (χ2n) is 9.12. The summed E-state index contributed by atoms with van der Waals surface area (Å²) < 4.78 is 30.7. The van der Waals surface area contributed by atoms with Crippen LogP contribution in [-0.2, 0) is 27.1 Å². The zero-order chi connectivity index (χ0) is 24.3. The van der Waals surface area contributed by atoms with Gasteiger partial charge in [0.25, 0.3) is 10.2 Å². The molecule has 1 aliphatic heterocycles. The second kappa shape index (κ2) is 9.96. The van der Waals surface area contributed by atoms with Gasteiger partial charge >= 0.3 is 6.03 Å². The molecule has 3 rings (SSSR count). The van der Waals surface area contributed by atoms with Crippen LogP contribution in [0.15, 0.2) is 48.5 Å². The summed E-state index contributed by atoms with van der Waals surface area (Å²) in [7, 11) is -3.77. The van der Waals surface area contributed by atoms with Gasteiger partial charge in [-0.3, -0.25) is 5.32 Å². The van der Waals surface area contributed by atoms with Crippen molar-refractivity contribution in [2.24, 2.45) is 10.6 Å². The summed E-state index contributed by atoms with van der Waals surface area (Å²) in [5.74, 6) is 0. The molecule has 1 aliphatic rings. The van der Waals surface area contributed by atoms with Crippen molar-refractivity contribution in [2.45, 2.75) is 39.1 Å². The minimum Gasteiger partial charge on any atom is -0.348 e. The molecule has 0 aliphatic carbocycles. The van der Waals surface area contributed by atoms with E-state index in [-0.39, 0.29) is 24.7 Å². The molecule has 9 nitrogen and oxygen atoms in total. The zero-order valence-corrected chi connectivity index (χ0v) is 20.4. The van der Waals surface area contributed by atoms with Gasteiger partial charge in [0.05, 0.1) is 6.54 Å². The summed E-state index contributed by atoms with van der Waals surface area (Å²) in [5.41, 5.74) is 1.22. The molecule has 0 spiro atoms. The van der Waals surface area contributed by atoms with E-state index in [1.54, 1.807) is 30.3 Å². The van der Waals surface area contributed by atoms with Crippen LogP contribution in [-0.4, -0.2) is 33.8 Å². The third-order valence-corrected chi connectivity index (χ3v) is 6.06. The third-order valence-electron chi connectivity index (χ3n) is 5.28. The van der Waals surface area contributed by atoms with Gasteiger partial charge in [-0.2, -0.15) is 13.1 Å². The molecule has 6 N–H and O–H groups in total. The lowest BCUT2D eigenvalue weighted by atomic mass is 9.93. The van der Waals surface area contributed by atoms with E-state index < -0.39 is 21.8 Å². The molecule has 0 radical (unpaired) electrons. The number of anilines is 1. The monoisotopic (exact) mass is 495 g/mol. The molecule has 2 atom stereocenters. The molecule has 1 fully saturated rings. The second-order valence-corrected chi connectivity index (χ2v) is 10.9. The van der Waals surface area contributed by atoms with Crippen LogP contribution in [0, 0.1) is 5.41 Å². The number of carbonyl (C=O) groups excluding carboxylic acids is 1. The highest BCUT2D eigenvalue weighted by Crippen LogP contribution is 2.37. The number of hydrogen-bond donors (Lipinski definition) is 5. The van der Waals surface area contributed by atoms with E-state index in [1.165, 1.54) is 0 Å². The van der Waals surface area contributed by atoms with Crippen LogP contribution in [0.1, 0.15) is 31.9 Å². The molecule has 2 aromatic carbocycles. The lowest BCUT2D eigenvalue weighted by Crippen LogP contribution is -2.45. The number of rotatable bonds is 7. The van der Waals surface area contributed by atoms with Crippen molar-refractivity contribution in [3.8, 4) is 0 Å². The number of urea groups is 1. The van der Waals surface area contributed by atoms with Gasteiger partial charge in [0.2, 0.25) is 0 Å². The lowest BCUT2D eigenvalue weighted by Gasteiger charge is -2.33. The summed E-state index contributed by atoms with van der Waals surface area (Å²) in [6.07, 6.45) is -0.195. The molecule has 0 saturated carbocycles. The highest BCUT2D eigenvalue weighted by Gasteiger charge is 2.45. The van der Waals surface area contributed by atoms with Gasteiger partial charge in [-0.15, -0.1) is 0 Å². The Hall–Kier alpha value is -2.21. The van der Waals surface area contributed by atoms with Crippen molar-refractivity contribution in [3.05, 3.63) is 64.7 Å². The van der Waals surface area contributed by atoms with Gasteiger partial charge in [0.15, 0.2) is 0 Å². The molecular formula is C22H30ClN5O4S. The number of halogens is 1. The maximum atomic E-state index is 12.6. The molecule has 2 amide bonds. The summed E-state index contributed by atoms with van der Waals surface area (Å²) in [4.78, 5) is 12.6. The van der Waals surface area contributed by atoms with E-state index in [2.05, 4.69) is 41.4 Å². The fraction of sp³-hybridized carbons (Fsp3) is 0.409. The van der Waals surface area contributed by atoms with Gasteiger partial charge < -0.3 is 15.4 Å². The van der Waals surface area contributed by atoms with Crippen LogP contribution in [0.3, 0.4) is 0 Å². The van der Waals surface area contributed by atoms with Crippen molar-refractivity contribution in [3.63, 3.8) is 0 Å². The number of carbonyl (C=O) groups is 1. The summed E-state index contributed by atoms with van der Waals surface area (Å²) >= 11 is 6.22. The molecule has 180 valence electrons. The molecule has 2 unspecified atom stereocenters. The van der Waals surface area contributed by atoms with Gasteiger partial charge in [0, 0.05) is 29.2 Å². The Morgan fingerprint density at radius 2 is 1.94 bits per heavy atom. The first kappa shape index (κ1) is 25.4. The fourth-order valence-corrected chi connectivity index (χ4v) is 4.04. The van der Waals surface area contributed by atoms with Gasteiger partial charge in [-0.25, -0.2) is 9.93 Å². The highest BCUT2D eigenvalue weighted by atomic mass is 35.5. The van der Waals surface area contributed by atoms with Crippen LogP contribution in [0.25, 0.3) is 0 Å². The Morgan fingerprint density at radius 3 is 2.52 bits per heavy atom. The van der Waals surface area contributed by atoms with E-state index in [0.29, 0.717) is 22.8 Å². The molecule has 0 aromatic heterocycles. The van der Waals surface area contributed by atoms with Crippen molar-refractivity contribution < 1.29 is 17.9 Å². The SMILES string of the molecule is CC(C)(C)C1NCC(CNC(=O)Nc2ccc(CNS(N)(=O)=O)cc2)(c2cccc(Cl)c2)O1. The molecule has 1 saturated heterocycles. The maximum Gasteiger partial charge on any atom is 0.319 e. The molecule has 11 heteroatoms. The zero-order valence-electron chi connectivity index (χ0n) is 18.8. The average Bonchev–Trinajstić information content (AvgIpc) is 3.18. The Kier molecular flexibility index (Phi) is 7.67. The first-order valence-electron chi connectivity index (χ1n) is 10.4. The van der Waals surface area contributed by atoms with E-state index in [4.69, 9.17) is 21.5 Å². The Labute approximate surface area is 199 Å². The standard InChI is InChI=1S/C22H30ClN5O4S/c1-21(2,3)19-25-13-22(32-19,16-5-4-6-17(23)11-16)14-26-20(29)28-18-9-7-15(8-10-18)12-27-33(24,30)31/h4-11,19,25,27H,12-14H2,1-3H3,(H2,24,30,31)(H2,26,28,29). The Balaban J connectivity index is 1.65. The van der Waals surface area contributed by atoms with Crippen LogP contribution in [0.2, 0.25) is 5.02 Å². The molecule has 0 bridgehead atoms. The fourth-order valence-electron chi connectivity index (χ4n) is 3.49. The highest BCUT2D eigenvalue weighted by molar-refractivity contribution is 7.87. The number of benzene rings is 2. The minimum absolute atomic E-state index is 0.0622. The summed E-state index contributed by atoms with van der Waals surface area (Å²) in [6.45, 7) is 7.06. The quantitative estimate of drug-likeness (QED) is 0.402. The van der Waals surface area contributed by atoms with E-state index in [9.17, 15) is 13.2 Å². The van der Waals surface area contributed by atoms with E-state index >= 15 is 0 Å². The summed E-state index contributed by atoms with van der Waals surface area (Å²) in [6, 6.07) is 13.8. The van der Waals surface area contributed by atoms with Crippen molar-refractivity contribution in [2.75, 3.05) is 18.4 Å². The minimum atomic E-state index is -3.77. The van der Waals surface area contributed by atoms with Crippen LogP contribution in [0.5, 0.6) is 0 Å². The van der Waals surface area contributed by atoms with Crippen molar-refractivity contribution >= 4 is 33.5 Å². The van der Waals surface area contributed by atoms with Crippen molar-refractivity contribution in [1.29, 1.82) is 0 Å². The van der Waals surface area contributed by atoms with Crippen molar-refractivity contribution in [1.82, 2.24) is 15.4 Å². The van der Waals surface area contributed by atoms with Gasteiger partial charge in [-0.05, 0) is 35.4 Å². The number of nitrogens with two attached hydrogens (primary N) is 1. The number of nitrogens with one attached hydrogen (secondary N) is 4. The first-order chi connectivity index (χ1) is 15.4. The topological polar surface area (TPSA) is 135 Å². The molecule has 33 heavy (non-hydrogen) atoms. The predicted molar refractivity (Wildman–Crippen MR) is 129 cm³/mol. The van der Waals surface area contributed by atoms with Gasteiger partial charge in [0.1, 0.15) is 11.8 Å². The normalized spacial score (nSPS) is 21.1. The summed E-state index contributed by atoms with van der Waals surface area (Å²) in [5, 5.41) is 14.6. The van der Waals surface area contributed by atoms with Crippen LogP contribution in [0.4, 0.5) is 10.5 Å². The first-order valence-corrected chi connectivity index (χ1v) is 12.4. The van der Waals surface area contributed by atoms with E-state index in [0.717, 1.165) is 5.56 Å². The predicted octanol–water partition coefficient (Wildman–Crippen LogP) is 2.64.